The van der Waals surface area contributed by atoms with E-state index in [0.717, 1.165) is 19.3 Å². The van der Waals surface area contributed by atoms with Crippen molar-refractivity contribution in [3.63, 3.8) is 0 Å². The SMILES string of the molecule is O=C(N[C@H]1CCC[C@H](C(F)(F)F)C1)C1CCC1. The van der Waals surface area contributed by atoms with Crippen molar-refractivity contribution in [1.29, 1.82) is 0 Å². The van der Waals surface area contributed by atoms with Crippen molar-refractivity contribution in [1.82, 2.24) is 5.32 Å². The van der Waals surface area contributed by atoms with Crippen LogP contribution in [0.1, 0.15) is 44.9 Å². The predicted molar refractivity (Wildman–Crippen MR) is 57.3 cm³/mol. The van der Waals surface area contributed by atoms with Gasteiger partial charge in [-0.2, -0.15) is 13.2 Å². The van der Waals surface area contributed by atoms with Gasteiger partial charge < -0.3 is 5.32 Å². The lowest BCUT2D eigenvalue weighted by Gasteiger charge is -2.33. The second-order valence-electron chi connectivity index (χ2n) is 5.24. The molecule has 0 unspecified atom stereocenters. The average Bonchev–Trinajstić information content (AvgIpc) is 2.13. The maximum atomic E-state index is 12.6. The van der Waals surface area contributed by atoms with Gasteiger partial charge in [0.2, 0.25) is 5.91 Å². The minimum Gasteiger partial charge on any atom is -0.353 e. The summed E-state index contributed by atoms with van der Waals surface area (Å²) >= 11 is 0. The fraction of sp³-hybridized carbons (Fsp3) is 0.917. The molecule has 0 aromatic rings. The molecule has 2 aliphatic carbocycles. The lowest BCUT2D eigenvalue weighted by atomic mass is 9.82. The van der Waals surface area contributed by atoms with E-state index in [1.54, 1.807) is 0 Å². The standard InChI is InChI=1S/C12H18F3NO/c13-12(14,15)9-5-2-6-10(7-9)16-11(17)8-3-1-4-8/h8-10H,1-7H2,(H,16,17)/t9-,10-/m0/s1. The van der Waals surface area contributed by atoms with Crippen LogP contribution in [0.3, 0.4) is 0 Å². The summed E-state index contributed by atoms with van der Waals surface area (Å²) in [5.74, 6) is -1.21. The van der Waals surface area contributed by atoms with Gasteiger partial charge in [-0.15, -0.1) is 0 Å². The van der Waals surface area contributed by atoms with Crippen LogP contribution in [-0.4, -0.2) is 18.1 Å². The van der Waals surface area contributed by atoms with E-state index in [4.69, 9.17) is 0 Å². The van der Waals surface area contributed by atoms with Gasteiger partial charge in [0.15, 0.2) is 0 Å². The Bertz CT molecular complexity index is 286. The summed E-state index contributed by atoms with van der Waals surface area (Å²) in [6.45, 7) is 0. The molecule has 0 bridgehead atoms. The van der Waals surface area contributed by atoms with Gasteiger partial charge in [-0.05, 0) is 32.1 Å². The largest absolute Gasteiger partial charge is 0.391 e. The second kappa shape index (κ2) is 4.86. The number of rotatable bonds is 2. The summed E-state index contributed by atoms with van der Waals surface area (Å²) < 4.78 is 37.7. The number of amides is 1. The minimum atomic E-state index is -4.11. The molecule has 98 valence electrons. The zero-order valence-electron chi connectivity index (χ0n) is 9.72. The second-order valence-corrected chi connectivity index (χ2v) is 5.24. The zero-order valence-corrected chi connectivity index (χ0v) is 9.72. The third-order valence-corrected chi connectivity index (χ3v) is 3.96. The van der Waals surface area contributed by atoms with E-state index >= 15 is 0 Å². The molecule has 2 aliphatic rings. The smallest absolute Gasteiger partial charge is 0.353 e. The van der Waals surface area contributed by atoms with Crippen molar-refractivity contribution in [2.45, 2.75) is 57.2 Å². The summed E-state index contributed by atoms with van der Waals surface area (Å²) in [5.41, 5.74) is 0. The Morgan fingerprint density at radius 1 is 1.06 bits per heavy atom. The van der Waals surface area contributed by atoms with Gasteiger partial charge in [0.25, 0.3) is 0 Å². The first-order valence-corrected chi connectivity index (χ1v) is 6.34. The lowest BCUT2D eigenvalue weighted by Crippen LogP contribution is -2.45. The molecule has 0 aromatic carbocycles. The van der Waals surface area contributed by atoms with Crippen LogP contribution < -0.4 is 5.32 Å². The molecular weight excluding hydrogens is 231 g/mol. The fourth-order valence-electron chi connectivity index (χ4n) is 2.61. The highest BCUT2D eigenvalue weighted by Crippen LogP contribution is 2.37. The molecule has 1 N–H and O–H groups in total. The van der Waals surface area contributed by atoms with Gasteiger partial charge in [0.05, 0.1) is 5.92 Å². The van der Waals surface area contributed by atoms with Gasteiger partial charge >= 0.3 is 6.18 Å². The van der Waals surface area contributed by atoms with Gasteiger partial charge in [0, 0.05) is 12.0 Å². The highest BCUT2D eigenvalue weighted by molar-refractivity contribution is 5.79. The van der Waals surface area contributed by atoms with Crippen molar-refractivity contribution in [2.24, 2.45) is 11.8 Å². The quantitative estimate of drug-likeness (QED) is 0.800. The van der Waals surface area contributed by atoms with Crippen LogP contribution in [0.15, 0.2) is 0 Å². The van der Waals surface area contributed by atoms with Gasteiger partial charge in [0.1, 0.15) is 0 Å². The van der Waals surface area contributed by atoms with Crippen molar-refractivity contribution in [3.05, 3.63) is 0 Å². The van der Waals surface area contributed by atoms with E-state index in [0.29, 0.717) is 12.8 Å². The van der Waals surface area contributed by atoms with Crippen LogP contribution in [0.2, 0.25) is 0 Å². The Morgan fingerprint density at radius 3 is 2.24 bits per heavy atom. The highest BCUT2D eigenvalue weighted by atomic mass is 19.4. The lowest BCUT2D eigenvalue weighted by molar-refractivity contribution is -0.184. The number of carbonyl (C=O) groups is 1. The number of carbonyl (C=O) groups excluding carboxylic acids is 1. The third kappa shape index (κ3) is 3.13. The molecular formula is C12H18F3NO. The van der Waals surface area contributed by atoms with Crippen molar-refractivity contribution in [3.8, 4) is 0 Å². The van der Waals surface area contributed by atoms with E-state index in [9.17, 15) is 18.0 Å². The maximum Gasteiger partial charge on any atom is 0.391 e. The number of hydrogen-bond acceptors (Lipinski definition) is 1. The van der Waals surface area contributed by atoms with Gasteiger partial charge in [-0.25, -0.2) is 0 Å². The van der Waals surface area contributed by atoms with E-state index in [-0.39, 0.29) is 30.7 Å². The molecule has 2 rings (SSSR count). The Morgan fingerprint density at radius 2 is 1.71 bits per heavy atom. The monoisotopic (exact) mass is 249 g/mol. The first-order chi connectivity index (χ1) is 7.97. The topological polar surface area (TPSA) is 29.1 Å². The molecule has 1 amide bonds. The summed E-state index contributed by atoms with van der Waals surface area (Å²) in [6.07, 6.45) is 0.238. The molecule has 0 heterocycles. The third-order valence-electron chi connectivity index (χ3n) is 3.96. The first kappa shape index (κ1) is 12.7. The Hall–Kier alpha value is -0.740. The molecule has 0 aliphatic heterocycles. The summed E-state index contributed by atoms with van der Waals surface area (Å²) in [4.78, 5) is 11.7. The Kier molecular flexibility index (Phi) is 3.64. The minimum absolute atomic E-state index is 0.0379. The van der Waals surface area contributed by atoms with Crippen molar-refractivity contribution >= 4 is 5.91 Å². The van der Waals surface area contributed by atoms with Gasteiger partial charge in [-0.3, -0.25) is 4.79 Å². The van der Waals surface area contributed by atoms with E-state index in [2.05, 4.69) is 5.32 Å². The molecule has 5 heteroatoms. The number of alkyl halides is 3. The molecule has 0 spiro atoms. The Labute approximate surface area is 98.9 Å². The summed E-state index contributed by atoms with van der Waals surface area (Å²) in [6, 6.07) is -0.275. The first-order valence-electron chi connectivity index (χ1n) is 6.34. The summed E-state index contributed by atoms with van der Waals surface area (Å²) in [7, 11) is 0. The molecule has 17 heavy (non-hydrogen) atoms. The number of hydrogen-bond donors (Lipinski definition) is 1. The van der Waals surface area contributed by atoms with E-state index < -0.39 is 12.1 Å². The van der Waals surface area contributed by atoms with Crippen molar-refractivity contribution < 1.29 is 18.0 Å². The van der Waals surface area contributed by atoms with E-state index in [1.165, 1.54) is 0 Å². The zero-order chi connectivity index (χ0) is 12.5. The van der Waals surface area contributed by atoms with Crippen LogP contribution in [-0.2, 0) is 4.79 Å². The average molecular weight is 249 g/mol. The molecule has 2 saturated carbocycles. The number of nitrogens with one attached hydrogen (secondary N) is 1. The molecule has 2 fully saturated rings. The molecule has 0 aromatic heterocycles. The molecule has 2 nitrogen and oxygen atoms in total. The van der Waals surface area contributed by atoms with Crippen molar-refractivity contribution in [2.75, 3.05) is 0 Å². The molecule has 0 radical (unpaired) electrons. The highest BCUT2D eigenvalue weighted by Gasteiger charge is 2.42. The maximum absolute atomic E-state index is 12.6. The summed E-state index contributed by atoms with van der Waals surface area (Å²) in [5, 5.41) is 2.78. The normalized spacial score (nSPS) is 30.8. The predicted octanol–water partition coefficient (Wildman–Crippen LogP) is 3.02. The fourth-order valence-corrected chi connectivity index (χ4v) is 2.61. The van der Waals surface area contributed by atoms with Gasteiger partial charge in [-0.1, -0.05) is 12.8 Å². The molecule has 0 saturated heterocycles. The van der Waals surface area contributed by atoms with Crippen LogP contribution >= 0.6 is 0 Å². The molecule has 2 atom stereocenters. The van der Waals surface area contributed by atoms with E-state index in [1.807, 2.05) is 0 Å². The van der Waals surface area contributed by atoms with Crippen LogP contribution in [0.5, 0.6) is 0 Å². The van der Waals surface area contributed by atoms with Crippen LogP contribution in [0, 0.1) is 11.8 Å². The number of halogens is 3. The van der Waals surface area contributed by atoms with Crippen LogP contribution in [0.4, 0.5) is 13.2 Å². The van der Waals surface area contributed by atoms with Crippen LogP contribution in [0.25, 0.3) is 0 Å². The Balaban J connectivity index is 1.82.